The Kier molecular flexibility index (Phi) is 5.56. The fourth-order valence-electron chi connectivity index (χ4n) is 0.271. The van der Waals surface area contributed by atoms with E-state index in [-0.39, 0.29) is 6.61 Å². The molecule has 0 rings (SSSR count). The molecular weight excluding hydrogens is 263 g/mol. The summed E-state index contributed by atoms with van der Waals surface area (Å²) in [7, 11) is 1.10. The zero-order valence-corrected chi connectivity index (χ0v) is 7.88. The van der Waals surface area contributed by atoms with Crippen LogP contribution in [0, 0.1) is 9.85 Å². The zero-order chi connectivity index (χ0) is 8.69. The van der Waals surface area contributed by atoms with Crippen LogP contribution in [0.25, 0.3) is 0 Å². The number of hydrogen-bond acceptors (Lipinski definition) is 4. The standard InChI is InChI=1S/C6H5IO4/c1-10-5(8)6(9)11-4-2-3-7/h4H2,1H3. The van der Waals surface area contributed by atoms with Crippen LogP contribution in [0.5, 0.6) is 0 Å². The van der Waals surface area contributed by atoms with Crippen LogP contribution < -0.4 is 0 Å². The summed E-state index contributed by atoms with van der Waals surface area (Å²) >= 11 is 1.79. The molecule has 0 unspecified atom stereocenters. The van der Waals surface area contributed by atoms with Gasteiger partial charge in [0.2, 0.25) is 0 Å². The summed E-state index contributed by atoms with van der Waals surface area (Å²) in [6.07, 6.45) is 0. The van der Waals surface area contributed by atoms with Crippen LogP contribution in [0.15, 0.2) is 0 Å². The molecule has 0 spiro atoms. The second kappa shape index (κ2) is 5.97. The van der Waals surface area contributed by atoms with Crippen molar-refractivity contribution in [3.8, 4) is 9.85 Å². The highest BCUT2D eigenvalue weighted by Crippen LogP contribution is 1.81. The Labute approximate surface area is 77.4 Å². The second-order valence-electron chi connectivity index (χ2n) is 1.34. The molecule has 0 aliphatic heterocycles. The molecule has 0 aromatic heterocycles. The van der Waals surface area contributed by atoms with Gasteiger partial charge in [-0.05, 0) is 3.93 Å². The van der Waals surface area contributed by atoms with Gasteiger partial charge in [-0.15, -0.1) is 0 Å². The molecule has 5 heteroatoms. The van der Waals surface area contributed by atoms with Crippen molar-refractivity contribution in [2.75, 3.05) is 13.7 Å². The van der Waals surface area contributed by atoms with E-state index in [1.807, 2.05) is 0 Å². The maximum Gasteiger partial charge on any atom is 0.418 e. The van der Waals surface area contributed by atoms with E-state index < -0.39 is 11.9 Å². The lowest BCUT2D eigenvalue weighted by Crippen LogP contribution is -2.18. The molecule has 0 fully saturated rings. The molecule has 0 aromatic rings. The first kappa shape index (κ1) is 10.2. The van der Waals surface area contributed by atoms with E-state index >= 15 is 0 Å². The van der Waals surface area contributed by atoms with Crippen molar-refractivity contribution in [2.45, 2.75) is 0 Å². The molecule has 0 amide bonds. The van der Waals surface area contributed by atoms with Gasteiger partial charge in [-0.1, -0.05) is 5.92 Å². The van der Waals surface area contributed by atoms with Gasteiger partial charge in [0, 0.05) is 22.6 Å². The number of carbonyl (C=O) groups is 2. The average Bonchev–Trinajstić information content (AvgIpc) is 2.03. The number of rotatable bonds is 1. The van der Waals surface area contributed by atoms with Crippen LogP contribution in [-0.2, 0) is 19.1 Å². The van der Waals surface area contributed by atoms with Crippen molar-refractivity contribution >= 4 is 34.5 Å². The van der Waals surface area contributed by atoms with Crippen molar-refractivity contribution in [1.82, 2.24) is 0 Å². The van der Waals surface area contributed by atoms with Gasteiger partial charge in [-0.3, -0.25) is 0 Å². The monoisotopic (exact) mass is 268 g/mol. The molecule has 0 bridgehead atoms. The summed E-state index contributed by atoms with van der Waals surface area (Å²) in [6.45, 7) is -0.0864. The molecule has 60 valence electrons. The van der Waals surface area contributed by atoms with Gasteiger partial charge in [-0.2, -0.15) is 0 Å². The van der Waals surface area contributed by atoms with Crippen LogP contribution in [0.2, 0.25) is 0 Å². The minimum atomic E-state index is -1.02. The number of esters is 2. The van der Waals surface area contributed by atoms with E-state index in [0.29, 0.717) is 0 Å². The fraction of sp³-hybridized carbons (Fsp3) is 0.333. The van der Waals surface area contributed by atoms with E-state index in [0.717, 1.165) is 7.11 Å². The number of halogens is 1. The molecule has 0 radical (unpaired) electrons. The lowest BCUT2D eigenvalue weighted by molar-refractivity contribution is -0.164. The predicted molar refractivity (Wildman–Crippen MR) is 44.8 cm³/mol. The summed E-state index contributed by atoms with van der Waals surface area (Å²) in [5, 5.41) is 0. The first-order valence-corrected chi connectivity index (χ1v) is 3.63. The molecule has 0 aliphatic rings. The molecule has 0 aromatic carbocycles. The lowest BCUT2D eigenvalue weighted by Gasteiger charge is -1.96. The molecule has 0 atom stereocenters. The Morgan fingerprint density at radius 2 is 2.09 bits per heavy atom. The average molecular weight is 268 g/mol. The summed E-state index contributed by atoms with van der Waals surface area (Å²) in [6, 6.07) is 0. The Morgan fingerprint density at radius 3 is 2.55 bits per heavy atom. The smallest absolute Gasteiger partial charge is 0.418 e. The molecule has 0 heterocycles. The van der Waals surface area contributed by atoms with E-state index in [4.69, 9.17) is 0 Å². The highest BCUT2D eigenvalue weighted by Gasteiger charge is 2.13. The SMILES string of the molecule is COC(=O)C(=O)OCC#CI. The van der Waals surface area contributed by atoms with Gasteiger partial charge >= 0.3 is 11.9 Å². The van der Waals surface area contributed by atoms with Gasteiger partial charge in [0.05, 0.1) is 7.11 Å². The third kappa shape index (κ3) is 4.61. The fourth-order valence-corrected chi connectivity index (χ4v) is 0.427. The van der Waals surface area contributed by atoms with Gasteiger partial charge in [-0.25, -0.2) is 9.59 Å². The normalized spacial score (nSPS) is 7.45. The summed E-state index contributed by atoms with van der Waals surface area (Å²) in [5.74, 6) is 0.409. The van der Waals surface area contributed by atoms with E-state index in [9.17, 15) is 9.59 Å². The Morgan fingerprint density at radius 1 is 1.45 bits per heavy atom. The third-order valence-corrected chi connectivity index (χ3v) is 1.08. The molecule has 0 N–H and O–H groups in total. The predicted octanol–water partition coefficient (Wildman–Crippen LogP) is 0.0985. The van der Waals surface area contributed by atoms with Crippen molar-refractivity contribution in [3.63, 3.8) is 0 Å². The Bertz CT molecular complexity index is 212. The first-order valence-electron chi connectivity index (χ1n) is 2.56. The maximum absolute atomic E-state index is 10.5. The van der Waals surface area contributed by atoms with Gasteiger partial charge in [0.25, 0.3) is 0 Å². The summed E-state index contributed by atoms with van der Waals surface area (Å²) in [5.41, 5.74) is 0. The zero-order valence-electron chi connectivity index (χ0n) is 5.72. The third-order valence-electron chi connectivity index (χ3n) is 0.694. The second-order valence-corrected chi connectivity index (χ2v) is 1.88. The number of ether oxygens (including phenoxy) is 2. The Balaban J connectivity index is 3.67. The highest BCUT2D eigenvalue weighted by atomic mass is 127. The van der Waals surface area contributed by atoms with Crippen molar-refractivity contribution in [3.05, 3.63) is 0 Å². The maximum atomic E-state index is 10.5. The molecule has 0 saturated carbocycles. The lowest BCUT2D eigenvalue weighted by atomic mass is 10.7. The van der Waals surface area contributed by atoms with E-state index in [1.54, 1.807) is 22.6 Å². The van der Waals surface area contributed by atoms with Gasteiger partial charge in [0.15, 0.2) is 6.61 Å². The van der Waals surface area contributed by atoms with Crippen LogP contribution in [-0.4, -0.2) is 25.7 Å². The highest BCUT2D eigenvalue weighted by molar-refractivity contribution is 14.1. The molecule has 4 nitrogen and oxygen atoms in total. The largest absolute Gasteiger partial charge is 0.461 e. The number of hydrogen-bond donors (Lipinski definition) is 0. The molecule has 0 aliphatic carbocycles. The van der Waals surface area contributed by atoms with Crippen LogP contribution in [0.3, 0.4) is 0 Å². The number of carbonyl (C=O) groups excluding carboxylic acids is 2. The van der Waals surface area contributed by atoms with E-state index in [1.165, 1.54) is 0 Å². The van der Waals surface area contributed by atoms with Crippen LogP contribution in [0.1, 0.15) is 0 Å². The van der Waals surface area contributed by atoms with E-state index in [2.05, 4.69) is 19.3 Å². The molecule has 0 saturated heterocycles. The van der Waals surface area contributed by atoms with Crippen LogP contribution in [0.4, 0.5) is 0 Å². The molecule has 11 heavy (non-hydrogen) atoms. The van der Waals surface area contributed by atoms with Crippen molar-refractivity contribution in [1.29, 1.82) is 0 Å². The minimum absolute atomic E-state index is 0.0864. The van der Waals surface area contributed by atoms with Gasteiger partial charge in [0.1, 0.15) is 0 Å². The first-order chi connectivity index (χ1) is 5.22. The molecular formula is C6H5IO4. The quantitative estimate of drug-likeness (QED) is 0.293. The van der Waals surface area contributed by atoms with Crippen molar-refractivity contribution in [2.24, 2.45) is 0 Å². The summed E-state index contributed by atoms with van der Waals surface area (Å²) < 4.78 is 10.9. The van der Waals surface area contributed by atoms with Gasteiger partial charge < -0.3 is 9.47 Å². The Hall–Kier alpha value is -0.770. The minimum Gasteiger partial charge on any atom is -0.461 e. The van der Waals surface area contributed by atoms with Crippen LogP contribution >= 0.6 is 22.6 Å². The topological polar surface area (TPSA) is 52.6 Å². The summed E-state index contributed by atoms with van der Waals surface area (Å²) in [4.78, 5) is 20.8. The number of methoxy groups -OCH3 is 1. The van der Waals surface area contributed by atoms with Crippen molar-refractivity contribution < 1.29 is 19.1 Å².